The van der Waals surface area contributed by atoms with Crippen molar-refractivity contribution in [1.29, 1.82) is 0 Å². The van der Waals surface area contributed by atoms with E-state index in [-0.39, 0.29) is 0 Å². The number of halogens is 1. The van der Waals surface area contributed by atoms with Crippen molar-refractivity contribution < 1.29 is 9.90 Å². The van der Waals surface area contributed by atoms with Gasteiger partial charge < -0.3 is 15.4 Å². The fourth-order valence-corrected chi connectivity index (χ4v) is 3.09. The van der Waals surface area contributed by atoms with Gasteiger partial charge in [-0.3, -0.25) is 4.79 Å². The molecule has 0 amide bonds. The van der Waals surface area contributed by atoms with E-state index in [0.717, 1.165) is 20.9 Å². The lowest BCUT2D eigenvalue weighted by Crippen LogP contribution is -2.20. The molecule has 0 aliphatic carbocycles. The van der Waals surface area contributed by atoms with Crippen LogP contribution in [0.4, 0.5) is 0 Å². The third-order valence-corrected chi connectivity index (χ3v) is 4.01. The number of rotatable bonds is 5. The van der Waals surface area contributed by atoms with E-state index in [2.05, 4.69) is 15.9 Å². The second-order valence-electron chi connectivity index (χ2n) is 4.72. The number of carboxylic acids is 1. The second kappa shape index (κ2) is 5.75. The summed E-state index contributed by atoms with van der Waals surface area (Å²) in [5.74, 6) is -1.20. The fraction of sp³-hybridized carbons (Fsp3) is 0.357. The Labute approximate surface area is 120 Å². The maximum absolute atomic E-state index is 11.2. The van der Waals surface area contributed by atoms with Crippen LogP contribution in [-0.4, -0.2) is 22.2 Å². The molecule has 0 radical (unpaired) electrons. The number of para-hydroxylation sites is 1. The summed E-state index contributed by atoms with van der Waals surface area (Å²) in [6, 6.07) is 5.98. The van der Waals surface area contributed by atoms with Crippen molar-refractivity contribution in [1.82, 2.24) is 4.57 Å². The molecule has 0 saturated heterocycles. The molecule has 1 aromatic heterocycles. The minimum absolute atomic E-state index is 0.394. The number of fused-ring (bicyclic) bond motifs is 1. The van der Waals surface area contributed by atoms with Gasteiger partial charge in [-0.2, -0.15) is 0 Å². The van der Waals surface area contributed by atoms with Crippen LogP contribution in [0.2, 0.25) is 0 Å². The molecule has 0 spiro atoms. The van der Waals surface area contributed by atoms with E-state index >= 15 is 0 Å². The van der Waals surface area contributed by atoms with Gasteiger partial charge in [0, 0.05) is 23.1 Å². The minimum atomic E-state index is -0.780. The van der Waals surface area contributed by atoms with Crippen molar-refractivity contribution in [2.75, 3.05) is 6.54 Å². The maximum atomic E-state index is 11.2. The molecule has 4 nitrogen and oxygen atoms in total. The van der Waals surface area contributed by atoms with E-state index in [0.29, 0.717) is 19.4 Å². The first-order valence-corrected chi connectivity index (χ1v) is 6.99. The number of aliphatic carboxylic acids is 1. The van der Waals surface area contributed by atoms with Gasteiger partial charge in [0.1, 0.15) is 0 Å². The fourth-order valence-electron chi connectivity index (χ4n) is 2.44. The predicted octanol–water partition coefficient (Wildman–Crippen LogP) is 2.53. The Morgan fingerprint density at radius 1 is 1.53 bits per heavy atom. The van der Waals surface area contributed by atoms with Crippen LogP contribution in [0.3, 0.4) is 0 Å². The number of nitrogens with two attached hydrogens (primary N) is 1. The molecular weight excluding hydrogens is 308 g/mol. The monoisotopic (exact) mass is 324 g/mol. The third-order valence-electron chi connectivity index (χ3n) is 3.37. The second-order valence-corrected chi connectivity index (χ2v) is 5.57. The molecule has 0 saturated carbocycles. The smallest absolute Gasteiger partial charge is 0.306 e. The van der Waals surface area contributed by atoms with Crippen LogP contribution in [0.1, 0.15) is 12.0 Å². The minimum Gasteiger partial charge on any atom is -0.481 e. The Hall–Kier alpha value is -1.33. The normalized spacial score (nSPS) is 12.8. The van der Waals surface area contributed by atoms with Gasteiger partial charge in [0.05, 0.1) is 11.4 Å². The molecule has 0 fully saturated rings. The molecule has 2 rings (SSSR count). The number of hydrogen-bond acceptors (Lipinski definition) is 2. The van der Waals surface area contributed by atoms with Gasteiger partial charge in [0.2, 0.25) is 0 Å². The standard InChI is InChI=1S/C14H17BrN2O2/c1-17-8-10(7-9(5-6-16)14(18)19)11-3-2-4-12(15)13(11)17/h2-4,8-9H,5-7,16H2,1H3,(H,18,19). The Kier molecular flexibility index (Phi) is 4.27. The molecule has 0 aliphatic rings. The highest BCUT2D eigenvalue weighted by atomic mass is 79.9. The molecule has 0 aliphatic heterocycles. The number of nitrogens with zero attached hydrogens (tertiary/aromatic N) is 1. The summed E-state index contributed by atoms with van der Waals surface area (Å²) in [4.78, 5) is 11.2. The van der Waals surface area contributed by atoms with Crippen LogP contribution >= 0.6 is 15.9 Å². The highest BCUT2D eigenvalue weighted by Gasteiger charge is 2.19. The molecule has 1 atom stereocenters. The van der Waals surface area contributed by atoms with Gasteiger partial charge in [-0.05, 0) is 46.9 Å². The van der Waals surface area contributed by atoms with Crippen LogP contribution < -0.4 is 5.73 Å². The average Bonchev–Trinajstić information content (AvgIpc) is 2.67. The van der Waals surface area contributed by atoms with E-state index in [4.69, 9.17) is 5.73 Å². The summed E-state index contributed by atoms with van der Waals surface area (Å²) < 4.78 is 3.04. The molecule has 3 N–H and O–H groups in total. The van der Waals surface area contributed by atoms with Gasteiger partial charge in [-0.15, -0.1) is 0 Å². The molecule has 5 heteroatoms. The van der Waals surface area contributed by atoms with E-state index in [1.165, 1.54) is 0 Å². The molecule has 1 unspecified atom stereocenters. The van der Waals surface area contributed by atoms with Gasteiger partial charge >= 0.3 is 5.97 Å². The molecular formula is C14H17BrN2O2. The molecule has 19 heavy (non-hydrogen) atoms. The number of carbonyl (C=O) groups is 1. The van der Waals surface area contributed by atoms with E-state index < -0.39 is 11.9 Å². The lowest BCUT2D eigenvalue weighted by molar-refractivity contribution is -0.141. The van der Waals surface area contributed by atoms with Crippen LogP contribution in [0.15, 0.2) is 28.9 Å². The summed E-state index contributed by atoms with van der Waals surface area (Å²) in [7, 11) is 1.97. The quantitative estimate of drug-likeness (QED) is 0.888. The number of aromatic nitrogens is 1. The Morgan fingerprint density at radius 3 is 2.89 bits per heavy atom. The largest absolute Gasteiger partial charge is 0.481 e. The third kappa shape index (κ3) is 2.82. The summed E-state index contributed by atoms with van der Waals surface area (Å²) in [6.45, 7) is 0.394. The predicted molar refractivity (Wildman–Crippen MR) is 79.1 cm³/mol. The first kappa shape index (κ1) is 14.1. The van der Waals surface area contributed by atoms with Crippen LogP contribution in [-0.2, 0) is 18.3 Å². The number of carboxylic acid groups (broad SMARTS) is 1. The Balaban J connectivity index is 2.40. The molecule has 0 bridgehead atoms. The first-order chi connectivity index (χ1) is 9.04. The SMILES string of the molecule is Cn1cc(CC(CCN)C(=O)O)c2cccc(Br)c21. The highest BCUT2D eigenvalue weighted by molar-refractivity contribution is 9.10. The van der Waals surface area contributed by atoms with Gasteiger partial charge in [0.15, 0.2) is 0 Å². The lowest BCUT2D eigenvalue weighted by Gasteiger charge is -2.10. The van der Waals surface area contributed by atoms with E-state index in [9.17, 15) is 9.90 Å². The van der Waals surface area contributed by atoms with Crippen molar-refractivity contribution in [2.45, 2.75) is 12.8 Å². The van der Waals surface area contributed by atoms with Crippen molar-refractivity contribution >= 4 is 32.8 Å². The molecule has 1 aromatic carbocycles. The van der Waals surface area contributed by atoms with Crippen LogP contribution in [0.25, 0.3) is 10.9 Å². The molecule has 1 heterocycles. The Morgan fingerprint density at radius 2 is 2.26 bits per heavy atom. The summed E-state index contributed by atoms with van der Waals surface area (Å²) in [5.41, 5.74) is 7.63. The van der Waals surface area contributed by atoms with Crippen molar-refractivity contribution in [3.05, 3.63) is 34.4 Å². The number of hydrogen-bond donors (Lipinski definition) is 2. The zero-order valence-corrected chi connectivity index (χ0v) is 12.4. The zero-order valence-electron chi connectivity index (χ0n) is 10.8. The van der Waals surface area contributed by atoms with Crippen LogP contribution in [0, 0.1) is 5.92 Å². The van der Waals surface area contributed by atoms with Crippen molar-refractivity contribution in [3.63, 3.8) is 0 Å². The summed E-state index contributed by atoms with van der Waals surface area (Å²) in [5, 5.41) is 10.3. The van der Waals surface area contributed by atoms with Gasteiger partial charge in [-0.1, -0.05) is 12.1 Å². The Bertz CT molecular complexity index is 607. The molecule has 102 valence electrons. The first-order valence-electron chi connectivity index (χ1n) is 6.20. The van der Waals surface area contributed by atoms with Crippen LogP contribution in [0.5, 0.6) is 0 Å². The summed E-state index contributed by atoms with van der Waals surface area (Å²) >= 11 is 3.53. The van der Waals surface area contributed by atoms with E-state index in [1.807, 2.05) is 36.0 Å². The zero-order chi connectivity index (χ0) is 14.0. The molecule has 2 aromatic rings. The average molecular weight is 325 g/mol. The number of aryl methyl sites for hydroxylation is 1. The lowest BCUT2D eigenvalue weighted by atomic mass is 9.96. The van der Waals surface area contributed by atoms with Crippen molar-refractivity contribution in [3.8, 4) is 0 Å². The van der Waals surface area contributed by atoms with E-state index in [1.54, 1.807) is 0 Å². The van der Waals surface area contributed by atoms with Gasteiger partial charge in [0.25, 0.3) is 0 Å². The maximum Gasteiger partial charge on any atom is 0.306 e. The summed E-state index contributed by atoms with van der Waals surface area (Å²) in [6.07, 6.45) is 3.02. The highest BCUT2D eigenvalue weighted by Crippen LogP contribution is 2.29. The van der Waals surface area contributed by atoms with Crippen molar-refractivity contribution in [2.24, 2.45) is 18.7 Å². The number of benzene rings is 1. The van der Waals surface area contributed by atoms with Gasteiger partial charge in [-0.25, -0.2) is 0 Å². The topological polar surface area (TPSA) is 68.2 Å².